The van der Waals surface area contributed by atoms with E-state index in [0.717, 1.165) is 24.6 Å². The van der Waals surface area contributed by atoms with Crippen LogP contribution in [0.2, 0.25) is 0 Å². The van der Waals surface area contributed by atoms with Crippen molar-refractivity contribution >= 4 is 15.8 Å². The van der Waals surface area contributed by atoms with E-state index < -0.39 is 9.84 Å². The van der Waals surface area contributed by atoms with Crippen molar-refractivity contribution in [2.24, 2.45) is 4.99 Å². The summed E-state index contributed by atoms with van der Waals surface area (Å²) in [6, 6.07) is 17.7. The summed E-state index contributed by atoms with van der Waals surface area (Å²) in [4.78, 5) is 5.04. The van der Waals surface area contributed by atoms with Crippen LogP contribution >= 0.6 is 0 Å². The molecule has 29 heavy (non-hydrogen) atoms. The van der Waals surface area contributed by atoms with Gasteiger partial charge in [-0.05, 0) is 43.0 Å². The zero-order valence-corrected chi connectivity index (χ0v) is 18.1. The molecular formula is C23H31N3O2S. The van der Waals surface area contributed by atoms with E-state index in [-0.39, 0.29) is 5.41 Å². The fraction of sp³-hybridized carbons (Fsp3) is 0.435. The maximum absolute atomic E-state index is 11.6. The molecule has 1 aliphatic rings. The highest BCUT2D eigenvalue weighted by atomic mass is 32.2. The van der Waals surface area contributed by atoms with Gasteiger partial charge in [0, 0.05) is 24.8 Å². The number of nitrogens with one attached hydrogen (secondary N) is 2. The first-order valence-electron chi connectivity index (χ1n) is 10.3. The molecule has 0 aromatic heterocycles. The molecule has 156 valence electrons. The van der Waals surface area contributed by atoms with Crippen LogP contribution < -0.4 is 10.6 Å². The second kappa shape index (κ2) is 9.44. The Balaban J connectivity index is 1.69. The first kappa shape index (κ1) is 21.4. The second-order valence-corrected chi connectivity index (χ2v) is 9.83. The molecular weight excluding hydrogens is 382 g/mol. The predicted molar refractivity (Wildman–Crippen MR) is 119 cm³/mol. The van der Waals surface area contributed by atoms with Crippen LogP contribution in [-0.4, -0.2) is 33.7 Å². The number of aliphatic imine (C=N–C) groups is 1. The van der Waals surface area contributed by atoms with E-state index >= 15 is 0 Å². The lowest BCUT2D eigenvalue weighted by atomic mass is 9.79. The largest absolute Gasteiger partial charge is 0.357 e. The van der Waals surface area contributed by atoms with E-state index in [1.165, 1.54) is 37.5 Å². The maximum atomic E-state index is 11.6. The van der Waals surface area contributed by atoms with Crippen LogP contribution in [0.5, 0.6) is 0 Å². The number of sulfone groups is 1. The molecule has 3 rings (SSSR count). The van der Waals surface area contributed by atoms with E-state index in [0.29, 0.717) is 11.4 Å². The van der Waals surface area contributed by atoms with Gasteiger partial charge in [-0.1, -0.05) is 55.3 Å². The third-order valence-electron chi connectivity index (χ3n) is 5.66. The molecule has 1 aliphatic carbocycles. The lowest BCUT2D eigenvalue weighted by molar-refractivity contribution is 0.432. The molecule has 0 amide bonds. The highest BCUT2D eigenvalue weighted by molar-refractivity contribution is 7.90. The summed E-state index contributed by atoms with van der Waals surface area (Å²) in [7, 11) is -3.17. The second-order valence-electron chi connectivity index (χ2n) is 7.82. The number of benzene rings is 2. The minimum Gasteiger partial charge on any atom is -0.357 e. The minimum atomic E-state index is -3.17. The molecule has 6 heteroatoms. The first-order valence-corrected chi connectivity index (χ1v) is 12.2. The summed E-state index contributed by atoms with van der Waals surface area (Å²) in [5.41, 5.74) is 2.54. The van der Waals surface area contributed by atoms with Crippen molar-refractivity contribution < 1.29 is 8.42 Å². The Bertz CT molecular complexity index is 916. The first-order chi connectivity index (χ1) is 13.9. The molecule has 0 saturated heterocycles. The number of hydrogen-bond donors (Lipinski definition) is 2. The molecule has 5 nitrogen and oxygen atoms in total. The van der Waals surface area contributed by atoms with E-state index in [2.05, 4.69) is 47.9 Å². The predicted octanol–water partition coefficient (Wildman–Crippen LogP) is 3.66. The van der Waals surface area contributed by atoms with Crippen LogP contribution in [0.4, 0.5) is 0 Å². The van der Waals surface area contributed by atoms with E-state index in [1.54, 1.807) is 12.1 Å². The van der Waals surface area contributed by atoms with Crippen LogP contribution in [0.1, 0.15) is 43.7 Å². The van der Waals surface area contributed by atoms with Gasteiger partial charge in [0.05, 0.1) is 11.4 Å². The van der Waals surface area contributed by atoms with E-state index in [9.17, 15) is 8.42 Å². The van der Waals surface area contributed by atoms with Gasteiger partial charge in [0.25, 0.3) is 0 Å². The van der Waals surface area contributed by atoms with Crippen LogP contribution in [0.3, 0.4) is 0 Å². The molecule has 1 fully saturated rings. The van der Waals surface area contributed by atoms with Gasteiger partial charge < -0.3 is 10.6 Å². The van der Waals surface area contributed by atoms with Crippen molar-refractivity contribution in [1.29, 1.82) is 0 Å². The molecule has 2 N–H and O–H groups in total. The zero-order valence-electron chi connectivity index (χ0n) is 17.3. The van der Waals surface area contributed by atoms with Crippen molar-refractivity contribution in [2.45, 2.75) is 49.5 Å². The highest BCUT2D eigenvalue weighted by Gasteiger charge is 2.35. The van der Waals surface area contributed by atoms with Crippen LogP contribution in [0.25, 0.3) is 0 Å². The molecule has 0 aliphatic heterocycles. The van der Waals surface area contributed by atoms with Gasteiger partial charge in [-0.25, -0.2) is 13.4 Å². The van der Waals surface area contributed by atoms with Crippen LogP contribution in [0, 0.1) is 0 Å². The third kappa shape index (κ3) is 5.60. The van der Waals surface area contributed by atoms with Crippen molar-refractivity contribution in [1.82, 2.24) is 10.6 Å². The van der Waals surface area contributed by atoms with Gasteiger partial charge in [0.15, 0.2) is 15.8 Å². The van der Waals surface area contributed by atoms with Crippen molar-refractivity contribution in [3.05, 3.63) is 65.7 Å². The van der Waals surface area contributed by atoms with Crippen LogP contribution in [-0.2, 0) is 21.8 Å². The van der Waals surface area contributed by atoms with Gasteiger partial charge in [0.2, 0.25) is 0 Å². The molecule has 2 aromatic rings. The summed E-state index contributed by atoms with van der Waals surface area (Å²) in [5.74, 6) is 0.793. The number of rotatable bonds is 7. The van der Waals surface area contributed by atoms with E-state index in [4.69, 9.17) is 4.99 Å². The van der Waals surface area contributed by atoms with Gasteiger partial charge in [0.1, 0.15) is 0 Å². The molecule has 0 spiro atoms. The Morgan fingerprint density at radius 3 is 2.24 bits per heavy atom. The van der Waals surface area contributed by atoms with Crippen molar-refractivity contribution in [3.63, 3.8) is 0 Å². The monoisotopic (exact) mass is 413 g/mol. The Labute approximate surface area is 174 Å². The molecule has 0 heterocycles. The SMILES string of the molecule is CCNC(=NCc1ccc(S(C)(=O)=O)cc1)NCC1(c2ccccc2)CCCC1. The highest BCUT2D eigenvalue weighted by Crippen LogP contribution is 2.40. The summed E-state index contributed by atoms with van der Waals surface area (Å²) in [6.45, 7) is 4.20. The maximum Gasteiger partial charge on any atom is 0.191 e. The molecule has 2 aromatic carbocycles. The Hall–Kier alpha value is -2.34. The van der Waals surface area contributed by atoms with Crippen LogP contribution in [0.15, 0.2) is 64.5 Å². The Morgan fingerprint density at radius 2 is 1.66 bits per heavy atom. The molecule has 0 bridgehead atoms. The average Bonchev–Trinajstić information content (AvgIpc) is 3.21. The minimum absolute atomic E-state index is 0.161. The zero-order chi connectivity index (χ0) is 20.7. The Kier molecular flexibility index (Phi) is 6.96. The van der Waals surface area contributed by atoms with Gasteiger partial charge >= 0.3 is 0 Å². The average molecular weight is 414 g/mol. The normalized spacial score (nSPS) is 16.6. The lowest BCUT2D eigenvalue weighted by Crippen LogP contribution is -2.44. The van der Waals surface area contributed by atoms with E-state index in [1.807, 2.05) is 12.1 Å². The molecule has 0 unspecified atom stereocenters. The summed E-state index contributed by atoms with van der Waals surface area (Å²) in [6.07, 6.45) is 6.12. The van der Waals surface area contributed by atoms with Gasteiger partial charge in [-0.2, -0.15) is 0 Å². The Morgan fingerprint density at radius 1 is 1.00 bits per heavy atom. The standard InChI is InChI=1S/C23H31N3O2S/c1-3-24-22(25-17-19-11-13-21(14-12-19)29(2,27)28)26-18-23(15-7-8-16-23)20-9-5-4-6-10-20/h4-6,9-14H,3,7-8,15-18H2,1-2H3,(H2,24,25,26). The lowest BCUT2D eigenvalue weighted by Gasteiger charge is -2.30. The molecule has 0 atom stereocenters. The molecule has 0 radical (unpaired) electrons. The number of hydrogen-bond acceptors (Lipinski definition) is 3. The van der Waals surface area contributed by atoms with Gasteiger partial charge in [-0.3, -0.25) is 0 Å². The summed E-state index contributed by atoms with van der Waals surface area (Å²) >= 11 is 0. The smallest absolute Gasteiger partial charge is 0.191 e. The summed E-state index contributed by atoms with van der Waals surface area (Å²) in [5, 5.41) is 6.87. The van der Waals surface area contributed by atoms with Gasteiger partial charge in [-0.15, -0.1) is 0 Å². The fourth-order valence-corrected chi connectivity index (χ4v) is 4.65. The third-order valence-corrected chi connectivity index (χ3v) is 6.78. The fourth-order valence-electron chi connectivity index (χ4n) is 4.02. The van der Waals surface area contributed by atoms with Crippen molar-refractivity contribution in [2.75, 3.05) is 19.3 Å². The number of guanidine groups is 1. The topological polar surface area (TPSA) is 70.6 Å². The quantitative estimate of drug-likeness (QED) is 0.537. The number of nitrogens with zero attached hydrogens (tertiary/aromatic N) is 1. The summed E-state index contributed by atoms with van der Waals surface area (Å²) < 4.78 is 23.2. The molecule has 1 saturated carbocycles. The van der Waals surface area contributed by atoms with Crippen molar-refractivity contribution in [3.8, 4) is 0 Å².